The molecule has 0 amide bonds. The van der Waals surface area contributed by atoms with Gasteiger partial charge in [-0.1, -0.05) is 0 Å². The Morgan fingerprint density at radius 3 is 2.32 bits per heavy atom. The van der Waals surface area contributed by atoms with Crippen molar-refractivity contribution in [2.24, 2.45) is 0 Å². The lowest BCUT2D eigenvalue weighted by atomic mass is 9.82. The average Bonchev–Trinajstić information content (AvgIpc) is 3.31. The van der Waals surface area contributed by atoms with Gasteiger partial charge in [-0.3, -0.25) is 0 Å². The van der Waals surface area contributed by atoms with Crippen LogP contribution >= 0.6 is 0 Å². The van der Waals surface area contributed by atoms with Crippen LogP contribution in [0, 0.1) is 0 Å². The number of ether oxygens (including phenoxy) is 6. The quantitative estimate of drug-likeness (QED) is 0.807. The Bertz CT molecular complexity index is 1010. The molecule has 3 heterocycles. The van der Waals surface area contributed by atoms with Gasteiger partial charge in [0.05, 0.1) is 19.8 Å². The monoisotopic (exact) mass is 384 g/mol. The van der Waals surface area contributed by atoms with Crippen molar-refractivity contribution >= 4 is 5.97 Å². The molecule has 0 spiro atoms. The van der Waals surface area contributed by atoms with E-state index in [4.69, 9.17) is 28.4 Å². The number of hydrogen-bond acceptors (Lipinski definition) is 8. The molecule has 0 unspecified atom stereocenters. The fourth-order valence-corrected chi connectivity index (χ4v) is 3.73. The Morgan fingerprint density at radius 2 is 1.64 bits per heavy atom. The van der Waals surface area contributed by atoms with E-state index in [9.17, 15) is 9.90 Å². The van der Waals surface area contributed by atoms with Crippen LogP contribution in [0.2, 0.25) is 0 Å². The van der Waals surface area contributed by atoms with Crippen molar-refractivity contribution < 1.29 is 38.3 Å². The molecule has 0 saturated heterocycles. The summed E-state index contributed by atoms with van der Waals surface area (Å²) in [6, 6.07) is 6.87. The van der Waals surface area contributed by atoms with Gasteiger partial charge in [-0.2, -0.15) is 0 Å². The smallest absolute Gasteiger partial charge is 0.339 e. The molecule has 3 aliphatic heterocycles. The van der Waals surface area contributed by atoms with E-state index in [0.29, 0.717) is 34.1 Å². The molecular formula is C20H16O8. The number of phenolic OH excluding ortho intramolecular Hbond substituents is 1. The third-order valence-electron chi connectivity index (χ3n) is 5.03. The van der Waals surface area contributed by atoms with Gasteiger partial charge in [0.25, 0.3) is 0 Å². The first-order chi connectivity index (χ1) is 13.6. The number of fused-ring (bicyclic) bond motifs is 2. The molecule has 0 fully saturated rings. The Balaban J connectivity index is 1.75. The van der Waals surface area contributed by atoms with E-state index in [-0.39, 0.29) is 30.6 Å². The molecule has 1 N–H and O–H groups in total. The minimum absolute atomic E-state index is 0.0604. The zero-order valence-corrected chi connectivity index (χ0v) is 15.1. The number of benzene rings is 2. The molecule has 0 bridgehead atoms. The van der Waals surface area contributed by atoms with Crippen molar-refractivity contribution in [1.29, 1.82) is 0 Å². The Labute approximate surface area is 159 Å². The lowest BCUT2D eigenvalue weighted by Gasteiger charge is -2.27. The summed E-state index contributed by atoms with van der Waals surface area (Å²) in [6.45, 7) is 0.184. The molecular weight excluding hydrogens is 368 g/mol. The number of phenols is 1. The van der Waals surface area contributed by atoms with Crippen LogP contribution in [-0.4, -0.2) is 38.7 Å². The maximum Gasteiger partial charge on any atom is 0.339 e. The third-order valence-corrected chi connectivity index (χ3v) is 5.03. The van der Waals surface area contributed by atoms with Crippen LogP contribution in [-0.2, 0) is 9.53 Å². The summed E-state index contributed by atoms with van der Waals surface area (Å²) in [5.74, 6) is 1.54. The summed E-state index contributed by atoms with van der Waals surface area (Å²) >= 11 is 0. The number of carbonyl (C=O) groups is 1. The molecule has 28 heavy (non-hydrogen) atoms. The van der Waals surface area contributed by atoms with Gasteiger partial charge < -0.3 is 33.5 Å². The van der Waals surface area contributed by atoms with Crippen molar-refractivity contribution in [2.75, 3.05) is 27.6 Å². The van der Waals surface area contributed by atoms with Gasteiger partial charge in [-0.25, -0.2) is 4.79 Å². The van der Waals surface area contributed by atoms with Crippen molar-refractivity contribution in [3.63, 3.8) is 0 Å². The lowest BCUT2D eigenvalue weighted by Crippen LogP contribution is -2.18. The molecule has 0 saturated carbocycles. The summed E-state index contributed by atoms with van der Waals surface area (Å²) < 4.78 is 32.6. The zero-order chi connectivity index (χ0) is 19.4. The summed E-state index contributed by atoms with van der Waals surface area (Å²) in [7, 11) is 2.89. The van der Waals surface area contributed by atoms with Gasteiger partial charge in [0, 0.05) is 17.5 Å². The van der Waals surface area contributed by atoms with E-state index < -0.39 is 11.9 Å². The average molecular weight is 384 g/mol. The van der Waals surface area contributed by atoms with Gasteiger partial charge in [0.15, 0.2) is 28.8 Å². The predicted octanol–water partition coefficient (Wildman–Crippen LogP) is 2.47. The van der Waals surface area contributed by atoms with Crippen LogP contribution in [0.15, 0.2) is 35.6 Å². The number of methoxy groups -OCH3 is 2. The standard InChI is InChI=1S/C20H16O8/c1-23-14-3-9(4-15(24-2)19(14)21)17-10-5-12-13(27-8-26-12)6-11(10)28-16-7-25-20(22)18(16)17/h3-6,17,21H,7-8H2,1-2H3/t17-/m1/s1. The van der Waals surface area contributed by atoms with E-state index in [0.717, 1.165) is 5.56 Å². The second-order valence-electron chi connectivity index (χ2n) is 6.47. The van der Waals surface area contributed by atoms with Crippen LogP contribution in [0.3, 0.4) is 0 Å². The van der Waals surface area contributed by atoms with Crippen LogP contribution < -0.4 is 23.7 Å². The van der Waals surface area contributed by atoms with Crippen molar-refractivity contribution in [1.82, 2.24) is 0 Å². The second-order valence-corrected chi connectivity index (χ2v) is 6.47. The van der Waals surface area contributed by atoms with Crippen LogP contribution in [0.25, 0.3) is 0 Å². The number of cyclic esters (lactones) is 1. The van der Waals surface area contributed by atoms with E-state index in [1.165, 1.54) is 14.2 Å². The van der Waals surface area contributed by atoms with Crippen LogP contribution in [0.5, 0.6) is 34.5 Å². The number of carbonyl (C=O) groups excluding carboxylic acids is 1. The third kappa shape index (κ3) is 2.27. The lowest BCUT2D eigenvalue weighted by molar-refractivity contribution is -0.136. The maximum atomic E-state index is 12.5. The molecule has 8 nitrogen and oxygen atoms in total. The largest absolute Gasteiger partial charge is 0.502 e. The van der Waals surface area contributed by atoms with Crippen molar-refractivity contribution in [2.45, 2.75) is 5.92 Å². The molecule has 3 aliphatic rings. The molecule has 0 aromatic heterocycles. The van der Waals surface area contributed by atoms with Gasteiger partial charge in [0.1, 0.15) is 12.4 Å². The van der Waals surface area contributed by atoms with Gasteiger partial charge >= 0.3 is 5.97 Å². The zero-order valence-electron chi connectivity index (χ0n) is 15.1. The van der Waals surface area contributed by atoms with E-state index >= 15 is 0 Å². The highest BCUT2D eigenvalue weighted by atomic mass is 16.7. The highest BCUT2D eigenvalue weighted by molar-refractivity contribution is 5.95. The Kier molecular flexibility index (Phi) is 3.55. The molecule has 5 rings (SSSR count). The minimum atomic E-state index is -0.508. The second kappa shape index (κ2) is 5.98. The van der Waals surface area contributed by atoms with Crippen molar-refractivity contribution in [3.8, 4) is 34.5 Å². The van der Waals surface area contributed by atoms with Gasteiger partial charge in [-0.05, 0) is 23.8 Å². The van der Waals surface area contributed by atoms with Crippen LogP contribution in [0.4, 0.5) is 0 Å². The topological polar surface area (TPSA) is 92.7 Å². The molecule has 8 heteroatoms. The minimum Gasteiger partial charge on any atom is -0.502 e. The predicted molar refractivity (Wildman–Crippen MR) is 94.2 cm³/mol. The fraction of sp³-hybridized carbons (Fsp3) is 0.250. The van der Waals surface area contributed by atoms with E-state index in [1.807, 2.05) is 0 Å². The summed E-state index contributed by atoms with van der Waals surface area (Å²) in [6.07, 6.45) is 0. The van der Waals surface area contributed by atoms with E-state index in [1.54, 1.807) is 24.3 Å². The normalized spacial score (nSPS) is 18.9. The molecule has 0 radical (unpaired) electrons. The Hall–Kier alpha value is -3.55. The molecule has 144 valence electrons. The van der Waals surface area contributed by atoms with Gasteiger partial charge in [0.2, 0.25) is 12.5 Å². The first-order valence-electron chi connectivity index (χ1n) is 8.57. The highest BCUT2D eigenvalue weighted by Crippen LogP contribution is 2.52. The number of esters is 1. The SMILES string of the molecule is COc1cc([C@H]2C3=C(COC3=O)Oc3cc4c(cc32)OCO4)cc(OC)c1O. The van der Waals surface area contributed by atoms with E-state index in [2.05, 4.69) is 0 Å². The first kappa shape index (κ1) is 16.6. The van der Waals surface area contributed by atoms with Crippen molar-refractivity contribution in [3.05, 3.63) is 46.7 Å². The molecule has 0 aliphatic carbocycles. The molecule has 2 aromatic carbocycles. The number of hydrogen-bond donors (Lipinski definition) is 1. The summed E-state index contributed by atoms with van der Waals surface area (Å²) in [4.78, 5) is 12.5. The summed E-state index contributed by atoms with van der Waals surface area (Å²) in [5.41, 5.74) is 1.80. The fourth-order valence-electron chi connectivity index (χ4n) is 3.73. The summed E-state index contributed by atoms with van der Waals surface area (Å²) in [5, 5.41) is 10.3. The highest BCUT2D eigenvalue weighted by Gasteiger charge is 2.41. The number of rotatable bonds is 3. The van der Waals surface area contributed by atoms with Crippen LogP contribution in [0.1, 0.15) is 17.0 Å². The molecule has 1 atom stereocenters. The maximum absolute atomic E-state index is 12.5. The molecule has 2 aromatic rings. The Morgan fingerprint density at radius 1 is 0.964 bits per heavy atom. The van der Waals surface area contributed by atoms with Gasteiger partial charge in [-0.15, -0.1) is 0 Å². The first-order valence-corrected chi connectivity index (χ1v) is 8.57. The number of aromatic hydroxyl groups is 1.